The molecule has 7 heteroatoms. The van der Waals surface area contributed by atoms with Crippen molar-refractivity contribution in [3.05, 3.63) is 84.5 Å². The van der Waals surface area contributed by atoms with E-state index in [9.17, 15) is 14.4 Å². The lowest BCUT2D eigenvalue weighted by Gasteiger charge is -2.71. The molecule has 6 aliphatic carbocycles. The standard InChI is InChI=1S/C50H70O7.C2H4.CH4/c1-9-42(51)56-33-47(6)39-22-25-49(8)40(46(39,5)24-23-41(47)57-43(52)34(2)54-31-35-16-12-10-13-17-35)21-20-37-38-30-45(3,4)26-28-50(38,29-27-48(37,49)7)44(53)55-32-36-18-14-11-15-19-36;1-2;/h10,12-14,16-20,34,38-41H,9,11,15,21-33H2,1-8H3;1-2H2;1H4/t34-,38+,39?,40?,41+,46+,47+,48-,49-,50+;;/m1../s1. The van der Waals surface area contributed by atoms with Crippen LogP contribution in [0.15, 0.2) is 78.9 Å². The molecule has 4 saturated carbocycles. The molecule has 60 heavy (non-hydrogen) atoms. The van der Waals surface area contributed by atoms with Gasteiger partial charge in [-0.15, -0.1) is 13.2 Å². The summed E-state index contributed by atoms with van der Waals surface area (Å²) in [6.45, 7) is 25.1. The van der Waals surface area contributed by atoms with Crippen molar-refractivity contribution in [1.82, 2.24) is 0 Å². The molecule has 332 valence electrons. The zero-order chi connectivity index (χ0) is 42.9. The van der Waals surface area contributed by atoms with E-state index in [1.54, 1.807) is 6.92 Å². The van der Waals surface area contributed by atoms with Gasteiger partial charge in [-0.1, -0.05) is 116 Å². The topological polar surface area (TPSA) is 88.1 Å². The molecule has 4 fully saturated rings. The molecule has 1 aromatic rings. The van der Waals surface area contributed by atoms with Crippen LogP contribution >= 0.6 is 0 Å². The molecule has 6 aliphatic rings. The molecule has 0 amide bonds. The number of benzene rings is 1. The SMILES string of the molecule is C.C=C.CCC(=O)OC[C@@]1(C)C2CC[C@]3(C)C(CC=C4[C@@H]5CC(C)(C)CC[C@]5(C(=O)OCC5=CCCC=C5)CC[C@]43C)[C@@]2(C)CC[C@@H]1OC(=O)[C@@H](C)OCc1ccccc1. The first-order chi connectivity index (χ1) is 28.0. The minimum atomic E-state index is -0.723. The van der Waals surface area contributed by atoms with Crippen molar-refractivity contribution in [2.75, 3.05) is 13.2 Å². The second kappa shape index (κ2) is 18.5. The number of fused-ring (bicyclic) bond motifs is 7. The van der Waals surface area contributed by atoms with Gasteiger partial charge < -0.3 is 18.9 Å². The summed E-state index contributed by atoms with van der Waals surface area (Å²) in [6.07, 6.45) is 19.7. The monoisotopic (exact) mass is 827 g/mol. The largest absolute Gasteiger partial charge is 0.465 e. The van der Waals surface area contributed by atoms with Crippen LogP contribution in [0.1, 0.15) is 152 Å². The van der Waals surface area contributed by atoms with Crippen LogP contribution in [-0.2, 0) is 39.9 Å². The number of esters is 3. The van der Waals surface area contributed by atoms with E-state index < -0.39 is 23.0 Å². The quantitative estimate of drug-likeness (QED) is 0.125. The van der Waals surface area contributed by atoms with Crippen LogP contribution in [-0.4, -0.2) is 43.3 Å². The lowest BCUT2D eigenvalue weighted by Crippen LogP contribution is -2.66. The highest BCUT2D eigenvalue weighted by atomic mass is 16.6. The lowest BCUT2D eigenvalue weighted by molar-refractivity contribution is -0.230. The molecule has 0 spiro atoms. The van der Waals surface area contributed by atoms with E-state index in [4.69, 9.17) is 18.9 Å². The molecule has 7 nitrogen and oxygen atoms in total. The van der Waals surface area contributed by atoms with Crippen LogP contribution < -0.4 is 0 Å². The highest BCUT2D eigenvalue weighted by Crippen LogP contribution is 2.76. The molecular formula is C53H78O7. The van der Waals surface area contributed by atoms with E-state index in [1.807, 2.05) is 37.3 Å². The van der Waals surface area contributed by atoms with Gasteiger partial charge in [-0.3, -0.25) is 9.59 Å². The number of carbonyl (C=O) groups excluding carboxylic acids is 3. The Morgan fingerprint density at radius 3 is 2.23 bits per heavy atom. The summed E-state index contributed by atoms with van der Waals surface area (Å²) >= 11 is 0. The van der Waals surface area contributed by atoms with Crippen LogP contribution in [0, 0.1) is 50.2 Å². The van der Waals surface area contributed by atoms with Crippen molar-refractivity contribution in [3.63, 3.8) is 0 Å². The van der Waals surface area contributed by atoms with Crippen molar-refractivity contribution in [1.29, 1.82) is 0 Å². The summed E-state index contributed by atoms with van der Waals surface area (Å²) in [6, 6.07) is 9.87. The summed E-state index contributed by atoms with van der Waals surface area (Å²) in [4.78, 5) is 40.9. The van der Waals surface area contributed by atoms with E-state index in [0.29, 0.717) is 32.0 Å². The Hall–Kier alpha value is -3.45. The number of hydrogen-bond donors (Lipinski definition) is 0. The molecule has 1 aromatic carbocycles. The molecule has 10 atom stereocenters. The average molecular weight is 827 g/mol. The van der Waals surface area contributed by atoms with Gasteiger partial charge in [0.1, 0.15) is 19.3 Å². The van der Waals surface area contributed by atoms with E-state index in [0.717, 1.165) is 81.8 Å². The third kappa shape index (κ3) is 8.51. The fourth-order valence-corrected chi connectivity index (χ4v) is 13.3. The molecule has 7 rings (SSSR count). The Labute approximate surface area is 363 Å². The van der Waals surface area contributed by atoms with Gasteiger partial charge >= 0.3 is 17.9 Å². The van der Waals surface area contributed by atoms with Crippen LogP contribution in [0.2, 0.25) is 0 Å². The first kappa shape index (κ1) is 47.6. The normalized spacial score (nSPS) is 36.6. The Balaban J connectivity index is 0.00000224. The molecule has 0 aliphatic heterocycles. The van der Waals surface area contributed by atoms with Gasteiger partial charge in [0.25, 0.3) is 0 Å². The molecule has 0 bridgehead atoms. The molecular weight excluding hydrogens is 749 g/mol. The third-order valence-corrected chi connectivity index (χ3v) is 17.0. The summed E-state index contributed by atoms with van der Waals surface area (Å²) in [7, 11) is 0. The first-order valence-electron chi connectivity index (χ1n) is 22.8. The predicted molar refractivity (Wildman–Crippen MR) is 241 cm³/mol. The number of allylic oxidation sites excluding steroid dienone is 4. The van der Waals surface area contributed by atoms with E-state index >= 15 is 0 Å². The fourth-order valence-electron chi connectivity index (χ4n) is 13.3. The minimum Gasteiger partial charge on any atom is -0.465 e. The third-order valence-electron chi connectivity index (χ3n) is 17.0. The van der Waals surface area contributed by atoms with Gasteiger partial charge in [-0.25, -0.2) is 4.79 Å². The van der Waals surface area contributed by atoms with Crippen molar-refractivity contribution in [2.45, 2.75) is 165 Å². The van der Waals surface area contributed by atoms with Gasteiger partial charge in [0, 0.05) is 11.8 Å². The Morgan fingerprint density at radius 1 is 0.833 bits per heavy atom. The van der Waals surface area contributed by atoms with Crippen molar-refractivity contribution >= 4 is 17.9 Å². The zero-order valence-corrected chi connectivity index (χ0v) is 37.7. The highest BCUT2D eigenvalue weighted by molar-refractivity contribution is 5.79. The Bertz CT molecular complexity index is 1790. The summed E-state index contributed by atoms with van der Waals surface area (Å²) < 4.78 is 24.7. The summed E-state index contributed by atoms with van der Waals surface area (Å²) in [5, 5.41) is 0. The van der Waals surface area contributed by atoms with E-state index in [2.05, 4.69) is 79.0 Å². The molecule has 0 radical (unpaired) electrons. The van der Waals surface area contributed by atoms with Crippen LogP contribution in [0.3, 0.4) is 0 Å². The lowest BCUT2D eigenvalue weighted by atomic mass is 9.33. The maximum absolute atomic E-state index is 14.5. The average Bonchev–Trinajstić information content (AvgIpc) is 3.23. The van der Waals surface area contributed by atoms with E-state index in [1.165, 1.54) is 5.57 Å². The zero-order valence-electron chi connectivity index (χ0n) is 37.7. The summed E-state index contributed by atoms with van der Waals surface area (Å²) in [5.74, 6) is 0.179. The van der Waals surface area contributed by atoms with E-state index in [-0.39, 0.29) is 65.4 Å². The van der Waals surface area contributed by atoms with Crippen LogP contribution in [0.5, 0.6) is 0 Å². The maximum atomic E-state index is 14.5. The molecule has 0 saturated heterocycles. The van der Waals surface area contributed by atoms with Gasteiger partial charge in [0.2, 0.25) is 0 Å². The Morgan fingerprint density at radius 2 is 1.55 bits per heavy atom. The van der Waals surface area contributed by atoms with Gasteiger partial charge in [0.05, 0.1) is 12.0 Å². The number of carbonyl (C=O) groups is 3. The predicted octanol–water partition coefficient (Wildman–Crippen LogP) is 12.5. The Kier molecular flexibility index (Phi) is 14.7. The van der Waals surface area contributed by atoms with Crippen molar-refractivity contribution in [2.24, 2.45) is 50.2 Å². The van der Waals surface area contributed by atoms with Crippen LogP contribution in [0.4, 0.5) is 0 Å². The molecule has 0 N–H and O–H groups in total. The molecule has 2 unspecified atom stereocenters. The number of ether oxygens (including phenoxy) is 4. The maximum Gasteiger partial charge on any atom is 0.335 e. The van der Waals surface area contributed by atoms with Crippen molar-refractivity contribution in [3.8, 4) is 0 Å². The van der Waals surface area contributed by atoms with Gasteiger partial charge in [0.15, 0.2) is 6.10 Å². The fraction of sp³-hybridized carbons (Fsp3) is 0.679. The second-order valence-electron chi connectivity index (χ2n) is 20.6. The van der Waals surface area contributed by atoms with Gasteiger partial charge in [-0.05, 0) is 135 Å². The summed E-state index contributed by atoms with van der Waals surface area (Å²) in [5.41, 5.74) is 2.65. The van der Waals surface area contributed by atoms with Gasteiger partial charge in [-0.2, -0.15) is 0 Å². The molecule has 0 aromatic heterocycles. The first-order valence-corrected chi connectivity index (χ1v) is 22.8. The second-order valence-corrected chi connectivity index (χ2v) is 20.6. The number of rotatable bonds is 11. The highest BCUT2D eigenvalue weighted by Gasteiger charge is 2.70. The molecule has 0 heterocycles. The number of hydrogen-bond acceptors (Lipinski definition) is 7. The van der Waals surface area contributed by atoms with Crippen LogP contribution in [0.25, 0.3) is 0 Å². The smallest absolute Gasteiger partial charge is 0.335 e. The van der Waals surface area contributed by atoms with Crippen molar-refractivity contribution < 1.29 is 33.3 Å². The minimum absolute atomic E-state index is 0.